The number of likely N-dealkylation sites (tertiary alicyclic amines) is 1. The predicted octanol–water partition coefficient (Wildman–Crippen LogP) is 4.02. The molecule has 2 aromatic carbocycles. The minimum Gasteiger partial charge on any atom is -0.483 e. The summed E-state index contributed by atoms with van der Waals surface area (Å²) in [5.41, 5.74) is 2.66. The second-order valence-corrected chi connectivity index (χ2v) is 12.7. The number of carbonyl (C=O) groups is 2. The summed E-state index contributed by atoms with van der Waals surface area (Å²) in [5.74, 6) is 1.22. The number of hydrogen-bond donors (Lipinski definition) is 1. The molecule has 40 heavy (non-hydrogen) atoms. The predicted molar refractivity (Wildman–Crippen MR) is 151 cm³/mol. The maximum atomic E-state index is 13.5. The Morgan fingerprint density at radius 1 is 1.20 bits per heavy atom. The molecule has 3 aliphatic carbocycles. The Kier molecular flexibility index (Phi) is 5.92. The molecule has 5 aliphatic rings. The molecule has 7 rings (SSSR count). The molecule has 5 atom stereocenters. The average Bonchev–Trinajstić information content (AvgIpc) is 3.66. The molecule has 2 bridgehead atoms. The van der Waals surface area contributed by atoms with E-state index in [-0.39, 0.29) is 18.0 Å². The molecule has 0 unspecified atom stereocenters. The SMILES string of the molecule is CC(=O)Oc1ccc2c3c1O[C@H]1[C@H](N(C)C(=O)C=Cc4cccc(C)c4)CC[C@@]4(O)[C@@H](C2)N(CC2CC2)CC[C@]314. The summed E-state index contributed by atoms with van der Waals surface area (Å²) in [5, 5.41) is 12.8. The van der Waals surface area contributed by atoms with Crippen molar-refractivity contribution in [1.29, 1.82) is 0 Å². The number of carbonyl (C=O) groups excluding carboxylic acids is 2. The molecule has 3 fully saturated rings. The van der Waals surface area contributed by atoms with Crippen molar-refractivity contribution in [2.45, 2.75) is 81.6 Å². The van der Waals surface area contributed by atoms with Gasteiger partial charge in [-0.15, -0.1) is 0 Å². The van der Waals surface area contributed by atoms with Crippen LogP contribution in [0, 0.1) is 12.8 Å². The van der Waals surface area contributed by atoms with Crippen molar-refractivity contribution in [3.8, 4) is 11.5 Å². The summed E-state index contributed by atoms with van der Waals surface area (Å²) < 4.78 is 12.4. The number of hydrogen-bond acceptors (Lipinski definition) is 6. The van der Waals surface area contributed by atoms with Gasteiger partial charge >= 0.3 is 5.97 Å². The van der Waals surface area contributed by atoms with Crippen LogP contribution >= 0.6 is 0 Å². The molecule has 2 aromatic rings. The average molecular weight is 543 g/mol. The summed E-state index contributed by atoms with van der Waals surface area (Å²) in [6.45, 7) is 5.35. The third-order valence-corrected chi connectivity index (χ3v) is 10.3. The largest absolute Gasteiger partial charge is 0.483 e. The summed E-state index contributed by atoms with van der Waals surface area (Å²) in [6, 6.07) is 11.7. The maximum Gasteiger partial charge on any atom is 0.308 e. The third kappa shape index (κ3) is 3.77. The standard InChI is InChI=1S/C33H38N2O5/c1-20-5-4-6-22(17-20)9-12-28(37)34(3)25-13-14-33(38)27-18-24-10-11-26(39-21(2)36)30-29(24)32(33,31(25)40-30)15-16-35(27)19-23-7-8-23/h4-6,9-12,17,23,25,27,31,38H,7-8,13-16,18-19H2,1-3H3/t25-,27-,31+,32+,33-/m1/s1. The Hall–Kier alpha value is -3.16. The van der Waals surface area contributed by atoms with E-state index in [0.717, 1.165) is 54.1 Å². The van der Waals surface area contributed by atoms with Crippen molar-refractivity contribution in [3.05, 3.63) is 64.7 Å². The third-order valence-electron chi connectivity index (χ3n) is 10.3. The number of aliphatic hydroxyl groups is 1. The maximum absolute atomic E-state index is 13.5. The van der Waals surface area contributed by atoms with E-state index in [0.29, 0.717) is 24.3 Å². The van der Waals surface area contributed by atoms with Crippen LogP contribution in [0.4, 0.5) is 0 Å². The topological polar surface area (TPSA) is 79.3 Å². The van der Waals surface area contributed by atoms with E-state index in [9.17, 15) is 14.7 Å². The minimum atomic E-state index is -0.976. The molecular formula is C33H38N2O5. The summed E-state index contributed by atoms with van der Waals surface area (Å²) in [7, 11) is 1.84. The molecule has 210 valence electrons. The van der Waals surface area contributed by atoms with E-state index in [2.05, 4.69) is 17.0 Å². The minimum absolute atomic E-state index is 0.00847. The number of amides is 1. The van der Waals surface area contributed by atoms with Gasteiger partial charge in [-0.3, -0.25) is 14.5 Å². The molecule has 0 aromatic heterocycles. The van der Waals surface area contributed by atoms with Crippen molar-refractivity contribution < 1.29 is 24.2 Å². The monoisotopic (exact) mass is 542 g/mol. The highest BCUT2D eigenvalue weighted by molar-refractivity contribution is 5.92. The van der Waals surface area contributed by atoms with Gasteiger partial charge in [-0.2, -0.15) is 0 Å². The zero-order chi connectivity index (χ0) is 27.8. The van der Waals surface area contributed by atoms with Crippen LogP contribution in [0.2, 0.25) is 0 Å². The molecule has 1 N–H and O–H groups in total. The first-order valence-electron chi connectivity index (χ1n) is 14.7. The van der Waals surface area contributed by atoms with Crippen molar-refractivity contribution in [2.24, 2.45) is 5.92 Å². The summed E-state index contributed by atoms with van der Waals surface area (Å²) in [4.78, 5) is 29.8. The lowest BCUT2D eigenvalue weighted by atomic mass is 9.48. The Morgan fingerprint density at radius 2 is 2.02 bits per heavy atom. The van der Waals surface area contributed by atoms with E-state index < -0.39 is 23.1 Å². The second-order valence-electron chi connectivity index (χ2n) is 12.7. The highest BCUT2D eigenvalue weighted by Gasteiger charge is 2.73. The fraction of sp³-hybridized carbons (Fsp3) is 0.515. The first-order valence-corrected chi connectivity index (χ1v) is 14.7. The van der Waals surface area contributed by atoms with Crippen molar-refractivity contribution in [2.75, 3.05) is 20.1 Å². The van der Waals surface area contributed by atoms with Gasteiger partial charge in [0.25, 0.3) is 0 Å². The Bertz CT molecular complexity index is 1420. The van der Waals surface area contributed by atoms with Crippen LogP contribution < -0.4 is 9.47 Å². The number of ether oxygens (including phenoxy) is 2. The summed E-state index contributed by atoms with van der Waals surface area (Å²) >= 11 is 0. The van der Waals surface area contributed by atoms with Crippen molar-refractivity contribution in [3.63, 3.8) is 0 Å². The molecule has 2 aliphatic heterocycles. The van der Waals surface area contributed by atoms with Gasteiger partial charge in [0.15, 0.2) is 11.5 Å². The molecule has 1 spiro atoms. The number of nitrogens with zero attached hydrogens (tertiary/aromatic N) is 2. The molecule has 2 heterocycles. The highest BCUT2D eigenvalue weighted by atomic mass is 16.6. The van der Waals surface area contributed by atoms with E-state index in [1.165, 1.54) is 19.8 Å². The van der Waals surface area contributed by atoms with E-state index in [1.807, 2.05) is 44.3 Å². The lowest BCUT2D eigenvalue weighted by Crippen LogP contribution is -2.78. The molecule has 7 nitrogen and oxygen atoms in total. The van der Waals surface area contributed by atoms with E-state index in [4.69, 9.17) is 9.47 Å². The molecule has 0 radical (unpaired) electrons. The Labute approximate surface area is 235 Å². The van der Waals surface area contributed by atoms with Gasteiger partial charge in [-0.25, -0.2) is 0 Å². The van der Waals surface area contributed by atoms with Gasteiger partial charge in [0.2, 0.25) is 5.91 Å². The first-order chi connectivity index (χ1) is 19.2. The normalized spacial score (nSPS) is 31.9. The molecule has 7 heteroatoms. The zero-order valence-electron chi connectivity index (χ0n) is 23.6. The van der Waals surface area contributed by atoms with Crippen LogP contribution in [-0.4, -0.2) is 70.7 Å². The van der Waals surface area contributed by atoms with E-state index in [1.54, 1.807) is 11.0 Å². The lowest BCUT2D eigenvalue weighted by molar-refractivity contribution is -0.200. The lowest BCUT2D eigenvalue weighted by Gasteiger charge is -2.64. The number of aryl methyl sites for hydroxylation is 1. The zero-order valence-corrected chi connectivity index (χ0v) is 23.6. The number of esters is 1. The second kappa shape index (κ2) is 9.18. The Balaban J connectivity index is 1.27. The van der Waals surface area contributed by atoms with Crippen LogP contribution in [0.15, 0.2) is 42.5 Å². The van der Waals surface area contributed by atoms with Gasteiger partial charge in [0.1, 0.15) is 6.10 Å². The number of benzene rings is 2. The quantitative estimate of drug-likeness (QED) is 0.338. The van der Waals surface area contributed by atoms with Crippen LogP contribution in [0.3, 0.4) is 0 Å². The van der Waals surface area contributed by atoms with Crippen LogP contribution in [0.5, 0.6) is 11.5 Å². The molecule has 1 amide bonds. The smallest absolute Gasteiger partial charge is 0.308 e. The fourth-order valence-electron chi connectivity index (χ4n) is 8.30. The number of rotatable bonds is 6. The van der Waals surface area contributed by atoms with Gasteiger partial charge in [0, 0.05) is 38.2 Å². The first kappa shape index (κ1) is 25.8. The van der Waals surface area contributed by atoms with E-state index >= 15 is 0 Å². The molecular weight excluding hydrogens is 504 g/mol. The highest BCUT2D eigenvalue weighted by Crippen LogP contribution is 2.66. The van der Waals surface area contributed by atoms with Gasteiger partial charge in [-0.1, -0.05) is 35.9 Å². The van der Waals surface area contributed by atoms with Crippen molar-refractivity contribution >= 4 is 18.0 Å². The number of piperidine rings is 1. The van der Waals surface area contributed by atoms with Gasteiger partial charge < -0.3 is 19.5 Å². The summed E-state index contributed by atoms with van der Waals surface area (Å²) in [6.07, 6.45) is 8.35. The molecule has 2 saturated carbocycles. The number of likely N-dealkylation sites (N-methyl/N-ethyl adjacent to an activating group) is 1. The van der Waals surface area contributed by atoms with Gasteiger partial charge in [0.05, 0.1) is 17.1 Å². The Morgan fingerprint density at radius 3 is 2.77 bits per heavy atom. The van der Waals surface area contributed by atoms with Crippen LogP contribution in [-0.2, 0) is 21.4 Å². The van der Waals surface area contributed by atoms with Crippen LogP contribution in [0.1, 0.15) is 61.3 Å². The molecule has 1 saturated heterocycles. The van der Waals surface area contributed by atoms with Crippen LogP contribution in [0.25, 0.3) is 6.08 Å². The fourth-order valence-corrected chi connectivity index (χ4v) is 8.30. The van der Waals surface area contributed by atoms with Gasteiger partial charge in [-0.05, 0) is 81.2 Å². The van der Waals surface area contributed by atoms with Crippen molar-refractivity contribution in [1.82, 2.24) is 9.80 Å².